The number of H-pyrrole nitrogens is 1. The van der Waals surface area contributed by atoms with E-state index in [4.69, 9.17) is 0 Å². The van der Waals surface area contributed by atoms with Crippen LogP contribution in [0.25, 0.3) is 11.0 Å². The van der Waals surface area contributed by atoms with Crippen LogP contribution in [0, 0.1) is 0 Å². The Morgan fingerprint density at radius 3 is 2.95 bits per heavy atom. The van der Waals surface area contributed by atoms with Gasteiger partial charge in [0.25, 0.3) is 0 Å². The smallest absolute Gasteiger partial charge is 0.317 e. The lowest BCUT2D eigenvalue weighted by atomic mass is 10.0. The third kappa shape index (κ3) is 3.08. The lowest BCUT2D eigenvalue weighted by molar-refractivity contribution is 0.165. The summed E-state index contributed by atoms with van der Waals surface area (Å²) in [6, 6.07) is 8.09. The third-order valence-electron chi connectivity index (χ3n) is 4.45. The number of urea groups is 1. The predicted molar refractivity (Wildman–Crippen MR) is 87.8 cm³/mol. The summed E-state index contributed by atoms with van der Waals surface area (Å²) in [6.45, 7) is 5.81. The maximum Gasteiger partial charge on any atom is 0.317 e. The standard InChI is InChI=1S/C17H24N4O/c1-17(2)10-6-12-21(17)16(22)18-11-5-9-15-19-13-7-3-4-8-14(13)20-15/h3-4,7-8H,5-6,9-12H2,1-2H3,(H,18,22)(H,19,20). The molecule has 0 unspecified atom stereocenters. The third-order valence-corrected chi connectivity index (χ3v) is 4.45. The first kappa shape index (κ1) is 14.9. The fourth-order valence-electron chi connectivity index (χ4n) is 3.15. The highest BCUT2D eigenvalue weighted by Gasteiger charge is 2.35. The second-order valence-electron chi connectivity index (χ2n) is 6.60. The number of aryl methyl sites for hydroxylation is 1. The van der Waals surface area contributed by atoms with Gasteiger partial charge in [-0.25, -0.2) is 9.78 Å². The van der Waals surface area contributed by atoms with Crippen LogP contribution in [0.2, 0.25) is 0 Å². The quantitative estimate of drug-likeness (QED) is 0.852. The number of carbonyl (C=O) groups is 1. The number of fused-ring (bicyclic) bond motifs is 1. The van der Waals surface area contributed by atoms with E-state index in [9.17, 15) is 4.79 Å². The van der Waals surface area contributed by atoms with Crippen LogP contribution in [0.4, 0.5) is 4.79 Å². The van der Waals surface area contributed by atoms with Crippen molar-refractivity contribution in [1.29, 1.82) is 0 Å². The molecule has 1 aromatic heterocycles. The molecule has 2 amide bonds. The molecule has 0 atom stereocenters. The lowest BCUT2D eigenvalue weighted by Crippen LogP contribution is -2.48. The zero-order chi connectivity index (χ0) is 15.6. The molecule has 0 radical (unpaired) electrons. The number of imidazole rings is 1. The van der Waals surface area contributed by atoms with E-state index in [-0.39, 0.29) is 11.6 Å². The highest BCUT2D eigenvalue weighted by atomic mass is 16.2. The molecule has 2 aromatic rings. The molecule has 1 saturated heterocycles. The van der Waals surface area contributed by atoms with Crippen molar-refractivity contribution >= 4 is 17.1 Å². The largest absolute Gasteiger partial charge is 0.342 e. The second kappa shape index (κ2) is 5.99. The molecule has 1 aromatic carbocycles. The van der Waals surface area contributed by atoms with Gasteiger partial charge in [-0.3, -0.25) is 0 Å². The number of rotatable bonds is 4. The number of aromatic amines is 1. The van der Waals surface area contributed by atoms with E-state index in [1.807, 2.05) is 29.2 Å². The van der Waals surface area contributed by atoms with E-state index in [0.29, 0.717) is 6.54 Å². The summed E-state index contributed by atoms with van der Waals surface area (Å²) in [5, 5.41) is 3.03. The first-order chi connectivity index (χ1) is 10.6. The van der Waals surface area contributed by atoms with Crippen LogP contribution in [0.3, 0.4) is 0 Å². The molecule has 1 aliphatic rings. The molecule has 5 heteroatoms. The number of likely N-dealkylation sites (tertiary alicyclic amines) is 1. The van der Waals surface area contributed by atoms with Crippen molar-refractivity contribution in [1.82, 2.24) is 20.2 Å². The summed E-state index contributed by atoms with van der Waals surface area (Å²) in [6.07, 6.45) is 3.91. The first-order valence-corrected chi connectivity index (χ1v) is 8.05. The van der Waals surface area contributed by atoms with E-state index in [1.165, 1.54) is 0 Å². The van der Waals surface area contributed by atoms with Crippen molar-refractivity contribution in [3.8, 4) is 0 Å². The summed E-state index contributed by atoms with van der Waals surface area (Å²) in [7, 11) is 0. The molecule has 22 heavy (non-hydrogen) atoms. The number of nitrogens with one attached hydrogen (secondary N) is 2. The number of benzene rings is 1. The van der Waals surface area contributed by atoms with Crippen LogP contribution in [-0.4, -0.2) is 39.5 Å². The molecule has 0 spiro atoms. The molecule has 0 saturated carbocycles. The van der Waals surface area contributed by atoms with Gasteiger partial charge in [0.05, 0.1) is 11.0 Å². The Balaban J connectivity index is 1.46. The Labute approximate surface area is 131 Å². The molecule has 5 nitrogen and oxygen atoms in total. The molecule has 0 aliphatic carbocycles. The topological polar surface area (TPSA) is 61.0 Å². The Kier molecular flexibility index (Phi) is 4.05. The number of para-hydroxylation sites is 2. The van der Waals surface area contributed by atoms with Crippen LogP contribution < -0.4 is 5.32 Å². The summed E-state index contributed by atoms with van der Waals surface area (Å²) in [5.74, 6) is 0.983. The van der Waals surface area contributed by atoms with E-state index >= 15 is 0 Å². The Morgan fingerprint density at radius 2 is 2.23 bits per heavy atom. The predicted octanol–water partition coefficient (Wildman–Crippen LogP) is 3.08. The van der Waals surface area contributed by atoms with Crippen LogP contribution in [-0.2, 0) is 6.42 Å². The number of hydrogen-bond acceptors (Lipinski definition) is 2. The monoisotopic (exact) mass is 300 g/mol. The van der Waals surface area contributed by atoms with Gasteiger partial charge in [-0.15, -0.1) is 0 Å². The SMILES string of the molecule is CC1(C)CCCN1C(=O)NCCCc1nc2ccccc2[nH]1. The van der Waals surface area contributed by atoms with Crippen LogP contribution in [0.5, 0.6) is 0 Å². The van der Waals surface area contributed by atoms with Gasteiger partial charge in [0.15, 0.2) is 0 Å². The van der Waals surface area contributed by atoms with Gasteiger partial charge >= 0.3 is 6.03 Å². The molecule has 2 N–H and O–H groups in total. The van der Waals surface area contributed by atoms with E-state index in [2.05, 4.69) is 29.1 Å². The van der Waals surface area contributed by atoms with Gasteiger partial charge in [0, 0.05) is 25.0 Å². The fraction of sp³-hybridized carbons (Fsp3) is 0.529. The van der Waals surface area contributed by atoms with Gasteiger partial charge < -0.3 is 15.2 Å². The highest BCUT2D eigenvalue weighted by Crippen LogP contribution is 2.27. The van der Waals surface area contributed by atoms with Gasteiger partial charge in [-0.1, -0.05) is 12.1 Å². The van der Waals surface area contributed by atoms with Crippen molar-refractivity contribution in [3.63, 3.8) is 0 Å². The highest BCUT2D eigenvalue weighted by molar-refractivity contribution is 5.75. The number of amides is 2. The zero-order valence-corrected chi connectivity index (χ0v) is 13.4. The minimum atomic E-state index is -0.0111. The Morgan fingerprint density at radius 1 is 1.41 bits per heavy atom. The second-order valence-corrected chi connectivity index (χ2v) is 6.60. The minimum absolute atomic E-state index is 0.0111. The van der Waals surface area contributed by atoms with Crippen LogP contribution >= 0.6 is 0 Å². The lowest BCUT2D eigenvalue weighted by Gasteiger charge is -2.31. The van der Waals surface area contributed by atoms with Gasteiger partial charge in [-0.05, 0) is 45.2 Å². The molecular weight excluding hydrogens is 276 g/mol. The molecule has 0 bridgehead atoms. The van der Waals surface area contributed by atoms with Gasteiger partial charge in [-0.2, -0.15) is 0 Å². The van der Waals surface area contributed by atoms with Crippen molar-refractivity contribution in [2.45, 2.75) is 45.1 Å². The summed E-state index contributed by atoms with van der Waals surface area (Å²) in [4.78, 5) is 22.0. The van der Waals surface area contributed by atoms with Crippen LogP contribution in [0.15, 0.2) is 24.3 Å². The molecular formula is C17H24N4O. The Bertz CT molecular complexity index is 628. The zero-order valence-electron chi connectivity index (χ0n) is 13.4. The maximum atomic E-state index is 12.2. The number of hydrogen-bond donors (Lipinski definition) is 2. The van der Waals surface area contributed by atoms with E-state index in [0.717, 1.165) is 49.1 Å². The molecule has 2 heterocycles. The van der Waals surface area contributed by atoms with Crippen molar-refractivity contribution in [2.75, 3.05) is 13.1 Å². The van der Waals surface area contributed by atoms with Crippen LogP contribution in [0.1, 0.15) is 38.9 Å². The van der Waals surface area contributed by atoms with Gasteiger partial charge in [0.2, 0.25) is 0 Å². The number of aromatic nitrogens is 2. The average molecular weight is 300 g/mol. The fourth-order valence-corrected chi connectivity index (χ4v) is 3.15. The normalized spacial score (nSPS) is 17.1. The molecule has 118 valence electrons. The maximum absolute atomic E-state index is 12.2. The van der Waals surface area contributed by atoms with E-state index < -0.39 is 0 Å². The molecule has 1 fully saturated rings. The Hall–Kier alpha value is -2.04. The number of carbonyl (C=O) groups excluding carboxylic acids is 1. The minimum Gasteiger partial charge on any atom is -0.342 e. The number of nitrogens with zero attached hydrogens (tertiary/aromatic N) is 2. The van der Waals surface area contributed by atoms with Gasteiger partial charge in [0.1, 0.15) is 5.82 Å². The van der Waals surface area contributed by atoms with Crippen molar-refractivity contribution in [3.05, 3.63) is 30.1 Å². The van der Waals surface area contributed by atoms with E-state index in [1.54, 1.807) is 0 Å². The van der Waals surface area contributed by atoms with Crippen molar-refractivity contribution in [2.24, 2.45) is 0 Å². The summed E-state index contributed by atoms with van der Waals surface area (Å²) >= 11 is 0. The average Bonchev–Trinajstić information content (AvgIpc) is 3.05. The summed E-state index contributed by atoms with van der Waals surface area (Å²) < 4.78 is 0. The first-order valence-electron chi connectivity index (χ1n) is 8.05. The van der Waals surface area contributed by atoms with Crippen molar-refractivity contribution < 1.29 is 4.79 Å². The molecule has 1 aliphatic heterocycles. The summed E-state index contributed by atoms with van der Waals surface area (Å²) in [5.41, 5.74) is 2.06. The molecule has 3 rings (SSSR count).